The van der Waals surface area contributed by atoms with E-state index in [2.05, 4.69) is 47.7 Å². The topological polar surface area (TPSA) is 86.5 Å². The highest BCUT2D eigenvalue weighted by molar-refractivity contribution is 5.88. The summed E-state index contributed by atoms with van der Waals surface area (Å²) in [7, 11) is 1.58. The number of aromatic nitrogens is 1. The second kappa shape index (κ2) is 9.51. The monoisotopic (exact) mass is 436 g/mol. The van der Waals surface area contributed by atoms with Gasteiger partial charge in [-0.2, -0.15) is 0 Å². The van der Waals surface area contributed by atoms with Crippen molar-refractivity contribution < 1.29 is 14.3 Å². The Labute approximate surface area is 188 Å². The van der Waals surface area contributed by atoms with E-state index in [0.717, 1.165) is 36.9 Å². The summed E-state index contributed by atoms with van der Waals surface area (Å²) < 4.78 is 5.31. The number of benzene rings is 1. The van der Waals surface area contributed by atoms with Gasteiger partial charge < -0.3 is 25.3 Å². The SMILES string of the molecule is COC1=CCCC=C1NC(=O)NCC(=O)N1CCc2c([nH]c3ccccc23)C1CC(C)C. The van der Waals surface area contributed by atoms with E-state index in [4.69, 9.17) is 4.74 Å². The largest absolute Gasteiger partial charge is 0.495 e. The van der Waals surface area contributed by atoms with Gasteiger partial charge in [0.1, 0.15) is 5.76 Å². The van der Waals surface area contributed by atoms with Crippen LogP contribution >= 0.6 is 0 Å². The van der Waals surface area contributed by atoms with Gasteiger partial charge in [0.15, 0.2) is 0 Å². The number of hydrogen-bond donors (Lipinski definition) is 3. The van der Waals surface area contributed by atoms with Crippen LogP contribution in [-0.4, -0.2) is 42.0 Å². The van der Waals surface area contributed by atoms with Crippen molar-refractivity contribution in [1.29, 1.82) is 0 Å². The molecule has 3 amide bonds. The van der Waals surface area contributed by atoms with Gasteiger partial charge in [-0.15, -0.1) is 0 Å². The summed E-state index contributed by atoms with van der Waals surface area (Å²) in [4.78, 5) is 31.0. The number of carbonyl (C=O) groups is 2. The molecule has 1 aromatic carbocycles. The molecule has 1 aromatic heterocycles. The molecule has 7 heteroatoms. The Morgan fingerprint density at radius 2 is 2.00 bits per heavy atom. The number of nitrogens with zero attached hydrogens (tertiary/aromatic N) is 1. The second-order valence-corrected chi connectivity index (χ2v) is 8.82. The van der Waals surface area contributed by atoms with Crippen LogP contribution < -0.4 is 10.6 Å². The van der Waals surface area contributed by atoms with Crippen LogP contribution in [0.25, 0.3) is 10.9 Å². The van der Waals surface area contributed by atoms with Crippen LogP contribution in [0.5, 0.6) is 0 Å². The summed E-state index contributed by atoms with van der Waals surface area (Å²) in [6, 6.07) is 7.88. The molecule has 1 aliphatic carbocycles. The zero-order chi connectivity index (χ0) is 22.7. The summed E-state index contributed by atoms with van der Waals surface area (Å²) in [6.07, 6.45) is 7.28. The molecule has 1 atom stereocenters. The molecule has 2 heterocycles. The van der Waals surface area contributed by atoms with Crippen molar-refractivity contribution in [1.82, 2.24) is 20.5 Å². The Morgan fingerprint density at radius 3 is 2.78 bits per heavy atom. The number of rotatable bonds is 6. The molecule has 170 valence electrons. The fraction of sp³-hybridized carbons (Fsp3) is 0.440. The molecule has 0 spiro atoms. The minimum atomic E-state index is -0.404. The predicted molar refractivity (Wildman–Crippen MR) is 125 cm³/mol. The third kappa shape index (κ3) is 4.52. The average molecular weight is 437 g/mol. The van der Waals surface area contributed by atoms with Crippen molar-refractivity contribution in [2.75, 3.05) is 20.2 Å². The fourth-order valence-corrected chi connectivity index (χ4v) is 4.69. The highest BCUT2D eigenvalue weighted by Gasteiger charge is 2.33. The van der Waals surface area contributed by atoms with E-state index in [9.17, 15) is 9.59 Å². The van der Waals surface area contributed by atoms with Crippen LogP contribution in [0.1, 0.15) is 50.4 Å². The molecule has 3 N–H and O–H groups in total. The highest BCUT2D eigenvalue weighted by atomic mass is 16.5. The number of carbonyl (C=O) groups excluding carboxylic acids is 2. The highest BCUT2D eigenvalue weighted by Crippen LogP contribution is 2.37. The van der Waals surface area contributed by atoms with Gasteiger partial charge in [-0.05, 0) is 49.3 Å². The zero-order valence-corrected chi connectivity index (χ0v) is 19.0. The Bertz CT molecular complexity index is 1070. The number of nitrogens with one attached hydrogen (secondary N) is 3. The Hall–Kier alpha value is -3.22. The molecule has 0 bridgehead atoms. The van der Waals surface area contributed by atoms with Crippen LogP contribution in [0.2, 0.25) is 0 Å². The van der Waals surface area contributed by atoms with Crippen LogP contribution in [0.3, 0.4) is 0 Å². The molecule has 2 aromatic rings. The van der Waals surface area contributed by atoms with Crippen molar-refractivity contribution in [3.05, 3.63) is 59.1 Å². The number of ether oxygens (including phenoxy) is 1. The number of amides is 3. The average Bonchev–Trinajstić information content (AvgIpc) is 3.17. The standard InChI is InChI=1S/C25H32N4O3/c1-16(2)14-21-24-18(17-8-4-5-9-19(17)27-24)12-13-29(21)23(30)15-26-25(31)28-20-10-6-7-11-22(20)32-3/h4-5,8-11,16,21,27H,6-7,12-15H2,1-3H3,(H2,26,28,31). The van der Waals surface area contributed by atoms with E-state index in [0.29, 0.717) is 23.9 Å². The normalized spacial score (nSPS) is 18.1. The first-order valence-electron chi connectivity index (χ1n) is 11.4. The van der Waals surface area contributed by atoms with Crippen LogP contribution in [0.15, 0.2) is 47.9 Å². The lowest BCUT2D eigenvalue weighted by Gasteiger charge is -2.37. The number of fused-ring (bicyclic) bond motifs is 3. The van der Waals surface area contributed by atoms with Crippen molar-refractivity contribution in [2.24, 2.45) is 5.92 Å². The smallest absolute Gasteiger partial charge is 0.319 e. The van der Waals surface area contributed by atoms with Gasteiger partial charge in [0.05, 0.1) is 25.4 Å². The summed E-state index contributed by atoms with van der Waals surface area (Å²) in [5.41, 5.74) is 4.19. The molecule has 1 aliphatic heterocycles. The summed E-state index contributed by atoms with van der Waals surface area (Å²) >= 11 is 0. The lowest BCUT2D eigenvalue weighted by atomic mass is 9.91. The quantitative estimate of drug-likeness (QED) is 0.636. The lowest BCUT2D eigenvalue weighted by molar-refractivity contribution is -0.133. The second-order valence-electron chi connectivity index (χ2n) is 8.82. The van der Waals surface area contributed by atoms with E-state index in [1.807, 2.05) is 23.1 Å². The number of urea groups is 1. The van der Waals surface area contributed by atoms with Gasteiger partial charge in [0, 0.05) is 23.1 Å². The molecule has 0 fully saturated rings. The van der Waals surface area contributed by atoms with E-state index in [1.165, 1.54) is 10.9 Å². The maximum atomic E-state index is 13.2. The Balaban J connectivity index is 1.45. The molecule has 0 saturated heterocycles. The van der Waals surface area contributed by atoms with Crippen molar-refractivity contribution in [2.45, 2.75) is 45.6 Å². The van der Waals surface area contributed by atoms with Crippen LogP contribution in [0, 0.1) is 5.92 Å². The third-order valence-corrected chi connectivity index (χ3v) is 6.15. The minimum Gasteiger partial charge on any atom is -0.495 e. The first-order valence-corrected chi connectivity index (χ1v) is 11.4. The summed E-state index contributed by atoms with van der Waals surface area (Å²) in [6.45, 7) is 4.94. The van der Waals surface area contributed by atoms with Crippen LogP contribution in [-0.2, 0) is 16.0 Å². The van der Waals surface area contributed by atoms with E-state index in [1.54, 1.807) is 7.11 Å². The maximum absolute atomic E-state index is 13.2. The van der Waals surface area contributed by atoms with Gasteiger partial charge in [-0.1, -0.05) is 38.1 Å². The zero-order valence-electron chi connectivity index (χ0n) is 19.0. The molecule has 0 radical (unpaired) electrons. The molecular weight excluding hydrogens is 404 g/mol. The first kappa shape index (κ1) is 22.0. The van der Waals surface area contributed by atoms with Gasteiger partial charge >= 0.3 is 6.03 Å². The number of methoxy groups -OCH3 is 1. The molecule has 7 nitrogen and oxygen atoms in total. The Morgan fingerprint density at radius 1 is 1.22 bits per heavy atom. The molecule has 2 aliphatic rings. The number of hydrogen-bond acceptors (Lipinski definition) is 3. The van der Waals surface area contributed by atoms with E-state index >= 15 is 0 Å². The summed E-state index contributed by atoms with van der Waals surface area (Å²) in [5.74, 6) is 1.01. The number of para-hydroxylation sites is 1. The molecular formula is C25H32N4O3. The molecule has 32 heavy (non-hydrogen) atoms. The Kier molecular flexibility index (Phi) is 6.53. The van der Waals surface area contributed by atoms with Crippen molar-refractivity contribution >= 4 is 22.8 Å². The van der Waals surface area contributed by atoms with Gasteiger partial charge in [0.25, 0.3) is 0 Å². The van der Waals surface area contributed by atoms with E-state index < -0.39 is 6.03 Å². The molecule has 1 unspecified atom stereocenters. The van der Waals surface area contributed by atoms with E-state index in [-0.39, 0.29) is 18.5 Å². The first-order chi connectivity index (χ1) is 15.5. The van der Waals surface area contributed by atoms with Crippen molar-refractivity contribution in [3.63, 3.8) is 0 Å². The van der Waals surface area contributed by atoms with Gasteiger partial charge in [-0.25, -0.2) is 4.79 Å². The minimum absolute atomic E-state index is 0.0207. The number of allylic oxidation sites excluding steroid dienone is 2. The summed E-state index contributed by atoms with van der Waals surface area (Å²) in [5, 5.41) is 6.76. The molecule has 4 rings (SSSR count). The number of H-pyrrole nitrogens is 1. The lowest BCUT2D eigenvalue weighted by Crippen LogP contribution is -2.47. The number of aromatic amines is 1. The maximum Gasteiger partial charge on any atom is 0.319 e. The van der Waals surface area contributed by atoms with Gasteiger partial charge in [-0.3, -0.25) is 4.79 Å². The van der Waals surface area contributed by atoms with Crippen LogP contribution in [0.4, 0.5) is 4.79 Å². The predicted octanol–water partition coefficient (Wildman–Crippen LogP) is 4.15. The van der Waals surface area contributed by atoms with Crippen molar-refractivity contribution in [3.8, 4) is 0 Å². The van der Waals surface area contributed by atoms with Gasteiger partial charge in [0.2, 0.25) is 5.91 Å². The third-order valence-electron chi connectivity index (χ3n) is 6.15. The molecule has 0 saturated carbocycles. The fourth-order valence-electron chi connectivity index (χ4n) is 4.69.